The molecule has 16 heavy (non-hydrogen) atoms. The number of halogens is 3. The lowest BCUT2D eigenvalue weighted by Crippen LogP contribution is -2.10. The lowest BCUT2D eigenvalue weighted by Gasteiger charge is -2.06. The van der Waals surface area contributed by atoms with E-state index in [0.717, 1.165) is 19.4 Å². The van der Waals surface area contributed by atoms with Gasteiger partial charge < -0.3 is 4.74 Å². The van der Waals surface area contributed by atoms with Crippen molar-refractivity contribution in [3.05, 3.63) is 29.6 Å². The number of pyridine rings is 1. The number of aromatic nitrogens is 1. The lowest BCUT2D eigenvalue weighted by atomic mass is 10.2. The van der Waals surface area contributed by atoms with E-state index in [-0.39, 0.29) is 5.56 Å². The van der Waals surface area contributed by atoms with Crippen molar-refractivity contribution in [2.45, 2.75) is 6.18 Å². The van der Waals surface area contributed by atoms with Crippen LogP contribution in [0.2, 0.25) is 0 Å². The summed E-state index contributed by atoms with van der Waals surface area (Å²) < 4.78 is 41.4. The predicted molar refractivity (Wildman–Crippen MR) is 48.1 cm³/mol. The molecular weight excluding hydrogens is 223 g/mol. The maximum Gasteiger partial charge on any atom is 0.434 e. The van der Waals surface area contributed by atoms with Gasteiger partial charge in [0.25, 0.3) is 0 Å². The Labute approximate surface area is 89.2 Å². The third-order valence-electron chi connectivity index (χ3n) is 1.56. The van der Waals surface area contributed by atoms with E-state index >= 15 is 0 Å². The second kappa shape index (κ2) is 4.66. The molecule has 0 saturated carbocycles. The first-order chi connectivity index (χ1) is 7.45. The Hall–Kier alpha value is -2.03. The van der Waals surface area contributed by atoms with Crippen molar-refractivity contribution < 1.29 is 22.7 Å². The third kappa shape index (κ3) is 2.98. The SMILES string of the molecule is COC(=O)C#Cc1cccnc1C(F)(F)F. The molecule has 0 aliphatic rings. The Morgan fingerprint density at radius 2 is 2.19 bits per heavy atom. The van der Waals surface area contributed by atoms with Gasteiger partial charge in [-0.25, -0.2) is 4.79 Å². The van der Waals surface area contributed by atoms with Crippen LogP contribution in [0, 0.1) is 11.8 Å². The van der Waals surface area contributed by atoms with E-state index in [4.69, 9.17) is 0 Å². The molecule has 0 atom stereocenters. The molecule has 1 heterocycles. The average Bonchev–Trinajstić information content (AvgIpc) is 2.25. The highest BCUT2D eigenvalue weighted by atomic mass is 19.4. The summed E-state index contributed by atoms with van der Waals surface area (Å²) in [5, 5.41) is 0. The Balaban J connectivity index is 3.13. The number of carbonyl (C=O) groups is 1. The monoisotopic (exact) mass is 229 g/mol. The van der Waals surface area contributed by atoms with Crippen molar-refractivity contribution >= 4 is 5.97 Å². The van der Waals surface area contributed by atoms with Crippen LogP contribution >= 0.6 is 0 Å². The maximum atomic E-state index is 12.4. The van der Waals surface area contributed by atoms with Gasteiger partial charge in [-0.1, -0.05) is 5.92 Å². The fourth-order valence-electron chi connectivity index (χ4n) is 0.901. The van der Waals surface area contributed by atoms with Gasteiger partial charge in [-0.3, -0.25) is 4.98 Å². The maximum absolute atomic E-state index is 12.4. The zero-order valence-corrected chi connectivity index (χ0v) is 8.13. The van der Waals surface area contributed by atoms with Crippen molar-refractivity contribution in [1.82, 2.24) is 4.98 Å². The molecule has 0 aliphatic carbocycles. The summed E-state index contributed by atoms with van der Waals surface area (Å²) in [4.78, 5) is 13.8. The van der Waals surface area contributed by atoms with Crippen LogP contribution in [0.1, 0.15) is 11.3 Å². The first-order valence-electron chi connectivity index (χ1n) is 4.07. The molecule has 0 bridgehead atoms. The molecule has 1 rings (SSSR count). The van der Waals surface area contributed by atoms with Crippen LogP contribution in [0.25, 0.3) is 0 Å². The van der Waals surface area contributed by atoms with Gasteiger partial charge in [-0.2, -0.15) is 13.2 Å². The van der Waals surface area contributed by atoms with Crippen molar-refractivity contribution in [2.75, 3.05) is 7.11 Å². The molecule has 0 amide bonds. The molecule has 0 N–H and O–H groups in total. The van der Waals surface area contributed by atoms with Gasteiger partial charge in [0.2, 0.25) is 0 Å². The average molecular weight is 229 g/mol. The molecule has 0 saturated heterocycles. The van der Waals surface area contributed by atoms with Crippen LogP contribution in [0.3, 0.4) is 0 Å². The van der Waals surface area contributed by atoms with Gasteiger partial charge >= 0.3 is 12.1 Å². The highest BCUT2D eigenvalue weighted by molar-refractivity contribution is 5.89. The number of nitrogens with zero attached hydrogens (tertiary/aromatic N) is 1. The van der Waals surface area contributed by atoms with Crippen molar-refractivity contribution in [2.24, 2.45) is 0 Å². The number of rotatable bonds is 0. The van der Waals surface area contributed by atoms with Crippen LogP contribution in [-0.2, 0) is 15.7 Å². The molecule has 0 aromatic carbocycles. The molecule has 6 heteroatoms. The first-order valence-corrected chi connectivity index (χ1v) is 4.07. The summed E-state index contributed by atoms with van der Waals surface area (Å²) in [5.41, 5.74) is -1.48. The summed E-state index contributed by atoms with van der Waals surface area (Å²) in [6.07, 6.45) is -3.59. The van der Waals surface area contributed by atoms with E-state index in [1.165, 1.54) is 6.07 Å². The lowest BCUT2D eigenvalue weighted by molar-refractivity contribution is -0.141. The number of methoxy groups -OCH3 is 1. The molecule has 3 nitrogen and oxygen atoms in total. The van der Waals surface area contributed by atoms with Gasteiger partial charge in [0, 0.05) is 12.1 Å². The molecule has 1 aromatic heterocycles. The smallest absolute Gasteiger partial charge is 0.434 e. The molecule has 0 unspecified atom stereocenters. The second-order valence-corrected chi connectivity index (χ2v) is 2.64. The fraction of sp³-hybridized carbons (Fsp3) is 0.200. The summed E-state index contributed by atoms with van der Waals surface area (Å²) in [5.74, 6) is 3.07. The van der Waals surface area contributed by atoms with Crippen LogP contribution in [-0.4, -0.2) is 18.1 Å². The summed E-state index contributed by atoms with van der Waals surface area (Å²) >= 11 is 0. The normalized spacial score (nSPS) is 10.2. The standard InChI is InChI=1S/C10H6F3NO2/c1-16-8(15)5-4-7-3-2-6-14-9(7)10(11,12)13/h2-3,6H,1H3. The van der Waals surface area contributed by atoms with E-state index in [1.54, 1.807) is 0 Å². The van der Waals surface area contributed by atoms with Crippen LogP contribution in [0.15, 0.2) is 18.3 Å². The van der Waals surface area contributed by atoms with E-state index < -0.39 is 17.8 Å². The molecule has 0 spiro atoms. The van der Waals surface area contributed by atoms with E-state index in [9.17, 15) is 18.0 Å². The Bertz CT molecular complexity index is 457. The van der Waals surface area contributed by atoms with Crippen LogP contribution in [0.4, 0.5) is 13.2 Å². The Kier molecular flexibility index (Phi) is 3.51. The number of hydrogen-bond donors (Lipinski definition) is 0. The van der Waals surface area contributed by atoms with Crippen LogP contribution in [0.5, 0.6) is 0 Å². The van der Waals surface area contributed by atoms with E-state index in [2.05, 4.69) is 15.6 Å². The molecule has 0 fully saturated rings. The van der Waals surface area contributed by atoms with E-state index in [0.29, 0.717) is 0 Å². The number of ether oxygens (including phenoxy) is 1. The van der Waals surface area contributed by atoms with Gasteiger partial charge in [0.15, 0.2) is 5.69 Å². The van der Waals surface area contributed by atoms with Crippen molar-refractivity contribution in [3.8, 4) is 11.8 Å². The number of esters is 1. The Morgan fingerprint density at radius 1 is 1.50 bits per heavy atom. The topological polar surface area (TPSA) is 39.2 Å². The fourth-order valence-corrected chi connectivity index (χ4v) is 0.901. The molecule has 0 radical (unpaired) electrons. The third-order valence-corrected chi connectivity index (χ3v) is 1.56. The van der Waals surface area contributed by atoms with Gasteiger partial charge in [-0.15, -0.1) is 0 Å². The number of alkyl halides is 3. The molecule has 84 valence electrons. The largest absolute Gasteiger partial charge is 0.459 e. The van der Waals surface area contributed by atoms with Gasteiger partial charge in [0.1, 0.15) is 0 Å². The molecule has 0 aliphatic heterocycles. The van der Waals surface area contributed by atoms with Gasteiger partial charge in [-0.05, 0) is 12.1 Å². The minimum Gasteiger partial charge on any atom is -0.459 e. The first kappa shape index (κ1) is 12.0. The predicted octanol–water partition coefficient (Wildman–Crippen LogP) is 1.62. The highest BCUT2D eigenvalue weighted by Gasteiger charge is 2.34. The number of hydrogen-bond acceptors (Lipinski definition) is 3. The summed E-state index contributed by atoms with van der Waals surface area (Å²) in [7, 11) is 1.09. The minimum atomic E-state index is -4.60. The minimum absolute atomic E-state index is 0.361. The number of carbonyl (C=O) groups excluding carboxylic acids is 1. The highest BCUT2D eigenvalue weighted by Crippen LogP contribution is 2.29. The summed E-state index contributed by atoms with van der Waals surface area (Å²) in [6, 6.07) is 2.43. The zero-order valence-electron chi connectivity index (χ0n) is 8.13. The van der Waals surface area contributed by atoms with Gasteiger partial charge in [0.05, 0.1) is 12.7 Å². The Morgan fingerprint density at radius 3 is 2.75 bits per heavy atom. The van der Waals surface area contributed by atoms with Crippen LogP contribution < -0.4 is 0 Å². The molecular formula is C10H6F3NO2. The van der Waals surface area contributed by atoms with E-state index in [1.807, 2.05) is 5.92 Å². The summed E-state index contributed by atoms with van der Waals surface area (Å²) in [6.45, 7) is 0. The van der Waals surface area contributed by atoms with Crippen molar-refractivity contribution in [3.63, 3.8) is 0 Å². The molecule has 1 aromatic rings. The second-order valence-electron chi connectivity index (χ2n) is 2.64. The quantitative estimate of drug-likeness (QED) is 0.501. The van der Waals surface area contributed by atoms with Crippen molar-refractivity contribution in [1.29, 1.82) is 0 Å². The zero-order chi connectivity index (χ0) is 12.2.